The summed E-state index contributed by atoms with van der Waals surface area (Å²) < 4.78 is 0. The highest BCUT2D eigenvalue weighted by molar-refractivity contribution is 5.99. The lowest BCUT2D eigenvalue weighted by Gasteiger charge is -2.45. The van der Waals surface area contributed by atoms with E-state index in [9.17, 15) is 19.8 Å². The van der Waals surface area contributed by atoms with Gasteiger partial charge in [-0.25, -0.2) is 4.79 Å². The number of carboxylic acid groups (broad SMARTS) is 1. The highest BCUT2D eigenvalue weighted by Gasteiger charge is 2.57. The third-order valence-electron chi connectivity index (χ3n) is 5.72. The third kappa shape index (κ3) is 3.91. The van der Waals surface area contributed by atoms with Crippen LogP contribution in [0.1, 0.15) is 18.4 Å². The second kappa shape index (κ2) is 8.32. The summed E-state index contributed by atoms with van der Waals surface area (Å²) >= 11 is 0. The molecule has 7 nitrogen and oxygen atoms in total. The molecule has 2 aliphatic rings. The first-order valence-electron chi connectivity index (χ1n) is 9.68. The first-order chi connectivity index (χ1) is 13.3. The van der Waals surface area contributed by atoms with Gasteiger partial charge in [0.2, 0.25) is 5.91 Å². The van der Waals surface area contributed by atoms with Gasteiger partial charge in [0.25, 0.3) is 0 Å². The van der Waals surface area contributed by atoms with Crippen LogP contribution in [0.2, 0.25) is 0 Å². The summed E-state index contributed by atoms with van der Waals surface area (Å²) in [6, 6.07) is 9.58. The lowest BCUT2D eigenvalue weighted by Crippen LogP contribution is -2.62. The molecule has 1 amide bonds. The minimum absolute atomic E-state index is 0.0720. The topological polar surface area (TPSA) is 84.3 Å². The molecule has 0 spiro atoms. The van der Waals surface area contributed by atoms with Gasteiger partial charge in [-0.3, -0.25) is 9.69 Å². The number of β-lactam (4-membered cyclic amide) rings is 1. The summed E-state index contributed by atoms with van der Waals surface area (Å²) in [7, 11) is 5.79. The van der Waals surface area contributed by atoms with Crippen LogP contribution in [0.5, 0.6) is 0 Å². The smallest absolute Gasteiger partial charge is 0.354 e. The van der Waals surface area contributed by atoms with Gasteiger partial charge in [0.05, 0.1) is 18.1 Å². The number of carbonyl (C=O) groups excluding carboxylic acids is 1. The summed E-state index contributed by atoms with van der Waals surface area (Å²) in [5, 5.41) is 20.3. The van der Waals surface area contributed by atoms with Gasteiger partial charge in [-0.15, -0.1) is 0 Å². The fourth-order valence-electron chi connectivity index (χ4n) is 4.10. The number of amides is 1. The number of nitrogens with zero attached hydrogens (tertiary/aromatic N) is 3. The summed E-state index contributed by atoms with van der Waals surface area (Å²) in [4.78, 5) is 29.8. The van der Waals surface area contributed by atoms with Crippen molar-refractivity contribution in [3.63, 3.8) is 0 Å². The molecule has 2 aliphatic heterocycles. The van der Waals surface area contributed by atoms with E-state index in [1.165, 1.54) is 4.90 Å². The molecule has 1 aromatic rings. The molecule has 1 saturated heterocycles. The van der Waals surface area contributed by atoms with Crippen LogP contribution >= 0.6 is 0 Å². The Bertz CT molecular complexity index is 762. The zero-order valence-electron chi connectivity index (χ0n) is 16.7. The van der Waals surface area contributed by atoms with Gasteiger partial charge >= 0.3 is 5.97 Å². The molecule has 152 valence electrons. The second-order valence-electron chi connectivity index (χ2n) is 7.92. The number of carboxylic acids is 1. The Morgan fingerprint density at radius 3 is 2.50 bits per heavy atom. The van der Waals surface area contributed by atoms with E-state index < -0.39 is 18.0 Å². The van der Waals surface area contributed by atoms with Gasteiger partial charge in [0.1, 0.15) is 5.70 Å². The monoisotopic (exact) mass is 387 g/mol. The average molecular weight is 387 g/mol. The van der Waals surface area contributed by atoms with Crippen LogP contribution in [0.4, 0.5) is 0 Å². The Hall–Kier alpha value is -2.38. The number of aliphatic hydroxyl groups is 1. The zero-order valence-corrected chi connectivity index (χ0v) is 16.7. The fraction of sp³-hybridized carbons (Fsp3) is 0.524. The molecule has 2 heterocycles. The Labute approximate surface area is 165 Å². The van der Waals surface area contributed by atoms with Gasteiger partial charge < -0.3 is 20.0 Å². The van der Waals surface area contributed by atoms with Crippen LogP contribution in [-0.2, 0) is 16.0 Å². The normalized spacial score (nSPS) is 22.3. The second-order valence-corrected chi connectivity index (χ2v) is 7.92. The molecule has 1 fully saturated rings. The predicted octanol–water partition coefficient (Wildman–Crippen LogP) is 1.00. The highest BCUT2D eigenvalue weighted by atomic mass is 16.4. The van der Waals surface area contributed by atoms with Crippen molar-refractivity contribution in [2.24, 2.45) is 5.92 Å². The Morgan fingerprint density at radius 1 is 1.21 bits per heavy atom. The largest absolute Gasteiger partial charge is 0.477 e. The first-order valence-corrected chi connectivity index (χ1v) is 9.68. The van der Waals surface area contributed by atoms with Crippen molar-refractivity contribution in [1.82, 2.24) is 14.7 Å². The maximum absolute atomic E-state index is 12.7. The molecule has 3 unspecified atom stereocenters. The lowest BCUT2D eigenvalue weighted by atomic mass is 9.80. The van der Waals surface area contributed by atoms with Crippen LogP contribution in [0.15, 0.2) is 41.7 Å². The van der Waals surface area contributed by atoms with Crippen LogP contribution in [0.3, 0.4) is 0 Å². The molecule has 0 saturated carbocycles. The van der Waals surface area contributed by atoms with Crippen molar-refractivity contribution in [2.75, 3.05) is 34.2 Å². The van der Waals surface area contributed by atoms with Crippen LogP contribution < -0.4 is 0 Å². The number of hydrogen-bond donors (Lipinski definition) is 2. The van der Waals surface area contributed by atoms with Crippen molar-refractivity contribution < 1.29 is 19.8 Å². The number of rotatable bonds is 9. The Balaban J connectivity index is 1.67. The van der Waals surface area contributed by atoms with E-state index >= 15 is 0 Å². The lowest BCUT2D eigenvalue weighted by molar-refractivity contribution is -0.162. The minimum Gasteiger partial charge on any atom is -0.477 e. The highest BCUT2D eigenvalue weighted by Crippen LogP contribution is 2.44. The molecule has 2 N–H and O–H groups in total. The van der Waals surface area contributed by atoms with Crippen LogP contribution in [0.25, 0.3) is 0 Å². The molecule has 28 heavy (non-hydrogen) atoms. The van der Waals surface area contributed by atoms with Crippen LogP contribution in [0, 0.1) is 5.92 Å². The number of aliphatic hydroxyl groups excluding tert-OH is 1. The van der Waals surface area contributed by atoms with Crippen molar-refractivity contribution in [1.29, 1.82) is 0 Å². The summed E-state index contributed by atoms with van der Waals surface area (Å²) in [5.41, 5.74) is 1.86. The first kappa shape index (κ1) is 20.4. The minimum atomic E-state index is -1.08. The summed E-state index contributed by atoms with van der Waals surface area (Å²) in [5.74, 6) is -1.89. The van der Waals surface area contributed by atoms with E-state index in [1.54, 1.807) is 0 Å². The molecule has 0 aromatic heterocycles. The molecular formula is C21H29N3O4. The average Bonchev–Trinajstić information content (AvgIpc) is 3.01. The van der Waals surface area contributed by atoms with E-state index in [2.05, 4.69) is 0 Å². The molecule has 7 heteroatoms. The quantitative estimate of drug-likeness (QED) is 0.615. The van der Waals surface area contributed by atoms with E-state index in [0.29, 0.717) is 31.5 Å². The standard InChI is InChI=1S/C21H29N3O4/c1-22(2)11-12-23(3)16-13-15-18(20(26)24(15)19(16)21(27)28)17(25)10-9-14-7-5-4-6-8-14/h4-8,15,17-18,25H,9-13H2,1-3H3,(H,27,28). The molecule has 1 aromatic carbocycles. The number of aryl methyl sites for hydroxylation is 1. The SMILES string of the molecule is CN(C)CCN(C)C1=C(C(=O)O)N2C(=O)C(C(O)CCc3ccccc3)C2C1. The fourth-order valence-corrected chi connectivity index (χ4v) is 4.10. The molecule has 0 aliphatic carbocycles. The van der Waals surface area contributed by atoms with Crippen molar-refractivity contribution >= 4 is 11.9 Å². The van der Waals surface area contributed by atoms with Gasteiger partial charge in [-0.05, 0) is 32.5 Å². The molecule has 0 radical (unpaired) electrons. The van der Waals surface area contributed by atoms with Crippen LogP contribution in [-0.4, -0.2) is 83.2 Å². The molecule has 0 bridgehead atoms. The number of aliphatic carboxylic acids is 1. The van der Waals surface area contributed by atoms with Crippen molar-refractivity contribution in [3.8, 4) is 0 Å². The number of carbonyl (C=O) groups is 2. The number of hydrogen-bond acceptors (Lipinski definition) is 5. The summed E-state index contributed by atoms with van der Waals surface area (Å²) in [6.45, 7) is 1.46. The predicted molar refractivity (Wildman–Crippen MR) is 105 cm³/mol. The summed E-state index contributed by atoms with van der Waals surface area (Å²) in [6.07, 6.45) is 0.881. The van der Waals surface area contributed by atoms with Gasteiger partial charge in [-0.1, -0.05) is 30.3 Å². The van der Waals surface area contributed by atoms with Crippen molar-refractivity contribution in [3.05, 3.63) is 47.3 Å². The Morgan fingerprint density at radius 2 is 1.89 bits per heavy atom. The number of likely N-dealkylation sites (N-methyl/N-ethyl adjacent to an activating group) is 2. The number of benzene rings is 1. The molecule has 3 atom stereocenters. The molecular weight excluding hydrogens is 358 g/mol. The van der Waals surface area contributed by atoms with E-state index in [-0.39, 0.29) is 17.6 Å². The molecule has 3 rings (SSSR count). The number of fused-ring (bicyclic) bond motifs is 1. The van der Waals surface area contributed by atoms with E-state index in [0.717, 1.165) is 12.1 Å². The van der Waals surface area contributed by atoms with Crippen molar-refractivity contribution in [2.45, 2.75) is 31.4 Å². The zero-order chi connectivity index (χ0) is 20.4. The Kier molecular flexibility index (Phi) is 6.05. The van der Waals surface area contributed by atoms with Gasteiger partial charge in [0.15, 0.2) is 0 Å². The van der Waals surface area contributed by atoms with E-state index in [4.69, 9.17) is 0 Å². The maximum atomic E-state index is 12.7. The van der Waals surface area contributed by atoms with Gasteiger partial charge in [0, 0.05) is 32.3 Å². The van der Waals surface area contributed by atoms with Gasteiger partial charge in [-0.2, -0.15) is 0 Å². The van der Waals surface area contributed by atoms with E-state index in [1.807, 2.05) is 61.3 Å². The third-order valence-corrected chi connectivity index (χ3v) is 5.72. The maximum Gasteiger partial charge on any atom is 0.354 e.